The van der Waals surface area contributed by atoms with Gasteiger partial charge in [0.25, 0.3) is 5.91 Å². The number of nitrogens with one attached hydrogen (secondary N) is 5. The van der Waals surface area contributed by atoms with E-state index < -0.39 is 35.8 Å². The quantitative estimate of drug-likeness (QED) is 0.123. The summed E-state index contributed by atoms with van der Waals surface area (Å²) in [5, 5.41) is 35.9. The summed E-state index contributed by atoms with van der Waals surface area (Å²) in [6.07, 6.45) is -3.59. The number of alkyl halides is 3. The van der Waals surface area contributed by atoms with Crippen molar-refractivity contribution in [2.45, 2.75) is 37.7 Å². The number of halogens is 3. The first-order chi connectivity index (χ1) is 20.9. The van der Waals surface area contributed by atoms with E-state index in [0.717, 1.165) is 17.6 Å². The van der Waals surface area contributed by atoms with Crippen LogP contribution >= 0.6 is 0 Å². The summed E-state index contributed by atoms with van der Waals surface area (Å²) >= 11 is 0. The molecular weight excluding hydrogens is 591 g/mol. The predicted molar refractivity (Wildman–Crippen MR) is 150 cm³/mol. The second-order valence-electron chi connectivity index (χ2n) is 9.37. The number of ether oxygens (including phenoxy) is 1. The summed E-state index contributed by atoms with van der Waals surface area (Å²) in [4.78, 5) is 51.4. The highest BCUT2D eigenvalue weighted by molar-refractivity contribution is 6.01. The standard InChI is InChI=1S/C25H29N7O5.C2HF3O2/c33-21(18-8-9-20-19(14-18)15-29-32-20)30-25(22(34)35,10-4-5-11-26-23-27-12-13-28-23)31-24(36)37-16-17-6-2-1-3-7-17;3-2(4,5)1(6)7/h1-3,6-9,14-15H,4-5,10-13,16H2,(H,29,32)(H,30,33)(H,31,36)(H,34,35)(H2,26,27,28);(H,6,7)/t25-;/m0./s1. The van der Waals surface area contributed by atoms with Crippen molar-refractivity contribution in [3.8, 4) is 0 Å². The average Bonchev–Trinajstić information content (AvgIpc) is 3.68. The normalized spacial score (nSPS) is 13.8. The number of aromatic amines is 1. The van der Waals surface area contributed by atoms with Crippen molar-refractivity contribution in [3.05, 3.63) is 65.9 Å². The minimum atomic E-state index is -5.08. The third kappa shape index (κ3) is 9.88. The van der Waals surface area contributed by atoms with Gasteiger partial charge in [0.2, 0.25) is 5.66 Å². The number of rotatable bonds is 11. The Hall–Kier alpha value is -5.35. The predicted octanol–water partition coefficient (Wildman–Crippen LogP) is 2.35. The van der Waals surface area contributed by atoms with Gasteiger partial charge in [0.15, 0.2) is 5.96 Å². The van der Waals surface area contributed by atoms with Crippen molar-refractivity contribution < 1.29 is 47.3 Å². The van der Waals surface area contributed by atoms with Crippen LogP contribution in [0.25, 0.3) is 10.9 Å². The molecule has 3 aromatic rings. The number of aromatic nitrogens is 2. The number of nitrogens with zero attached hydrogens (tertiary/aromatic N) is 2. The van der Waals surface area contributed by atoms with Gasteiger partial charge in [-0.3, -0.25) is 20.2 Å². The Morgan fingerprint density at radius 2 is 1.70 bits per heavy atom. The Morgan fingerprint density at radius 1 is 0.977 bits per heavy atom. The number of benzene rings is 2. The van der Waals surface area contributed by atoms with Crippen molar-refractivity contribution >= 4 is 40.8 Å². The molecule has 14 nitrogen and oxygen atoms in total. The minimum absolute atomic E-state index is 0.0491. The van der Waals surface area contributed by atoms with Gasteiger partial charge in [0.05, 0.1) is 18.3 Å². The third-order valence-electron chi connectivity index (χ3n) is 6.11. The van der Waals surface area contributed by atoms with Crippen LogP contribution in [0.15, 0.2) is 59.7 Å². The molecule has 2 aromatic carbocycles. The number of amides is 2. The summed E-state index contributed by atoms with van der Waals surface area (Å²) in [7, 11) is 0. The number of carbonyl (C=O) groups is 4. The van der Waals surface area contributed by atoms with Gasteiger partial charge in [0, 0.05) is 30.5 Å². The third-order valence-corrected chi connectivity index (χ3v) is 6.11. The summed E-state index contributed by atoms with van der Waals surface area (Å²) < 4.78 is 37.0. The molecule has 1 atom stereocenters. The van der Waals surface area contributed by atoms with Gasteiger partial charge in [-0.25, -0.2) is 14.4 Å². The topological polar surface area (TPSA) is 207 Å². The molecule has 0 bridgehead atoms. The van der Waals surface area contributed by atoms with E-state index in [1.165, 1.54) is 0 Å². The lowest BCUT2D eigenvalue weighted by Gasteiger charge is -2.31. The second kappa shape index (κ2) is 15.2. The molecule has 7 N–H and O–H groups in total. The number of unbranched alkanes of at least 4 members (excludes halogenated alkanes) is 1. The van der Waals surface area contributed by atoms with Crippen molar-refractivity contribution in [3.63, 3.8) is 0 Å². The fourth-order valence-corrected chi connectivity index (χ4v) is 3.89. The molecule has 2 amide bonds. The molecule has 0 saturated heterocycles. The molecule has 4 rings (SSSR count). The van der Waals surface area contributed by atoms with Gasteiger partial charge in [-0.2, -0.15) is 18.3 Å². The van der Waals surface area contributed by atoms with Gasteiger partial charge in [-0.15, -0.1) is 0 Å². The van der Waals surface area contributed by atoms with Crippen LogP contribution in [0, 0.1) is 0 Å². The van der Waals surface area contributed by atoms with Crippen LogP contribution in [0.1, 0.15) is 35.2 Å². The van der Waals surface area contributed by atoms with E-state index in [4.69, 9.17) is 14.6 Å². The van der Waals surface area contributed by atoms with E-state index in [0.29, 0.717) is 37.3 Å². The van der Waals surface area contributed by atoms with Crippen LogP contribution < -0.4 is 21.3 Å². The summed E-state index contributed by atoms with van der Waals surface area (Å²) in [5.74, 6) is -4.12. The van der Waals surface area contributed by atoms with Gasteiger partial charge in [-0.05, 0) is 36.6 Å². The number of aliphatic imine (C=N–C) groups is 1. The van der Waals surface area contributed by atoms with Crippen LogP contribution in [-0.4, -0.2) is 81.8 Å². The number of H-pyrrole nitrogens is 1. The maximum Gasteiger partial charge on any atom is 0.490 e. The fraction of sp³-hybridized carbons (Fsp3) is 0.333. The number of guanidine groups is 1. The summed E-state index contributed by atoms with van der Waals surface area (Å²) in [6.45, 7) is 1.98. The van der Waals surface area contributed by atoms with Crippen molar-refractivity contribution in [2.24, 2.45) is 4.99 Å². The molecule has 44 heavy (non-hydrogen) atoms. The van der Waals surface area contributed by atoms with Gasteiger partial charge in [-0.1, -0.05) is 30.3 Å². The maximum absolute atomic E-state index is 13.1. The summed E-state index contributed by atoms with van der Waals surface area (Å²) in [5.41, 5.74) is -0.381. The Kier molecular flexibility index (Phi) is 11.5. The van der Waals surface area contributed by atoms with Crippen LogP contribution in [0.3, 0.4) is 0 Å². The number of hydrogen-bond donors (Lipinski definition) is 7. The largest absolute Gasteiger partial charge is 0.490 e. The van der Waals surface area contributed by atoms with Gasteiger partial charge in [0.1, 0.15) is 6.61 Å². The highest BCUT2D eigenvalue weighted by Gasteiger charge is 2.42. The lowest BCUT2D eigenvalue weighted by molar-refractivity contribution is -0.192. The SMILES string of the molecule is O=C(N[C@](CCCCNC1=NCCN1)(NC(=O)c1ccc2[nH]ncc2c1)C(=O)O)OCc1ccccc1.O=C(O)C(F)(F)F. The molecule has 1 aliphatic rings. The van der Waals surface area contributed by atoms with Crippen molar-refractivity contribution in [1.29, 1.82) is 0 Å². The summed E-state index contributed by atoms with van der Waals surface area (Å²) in [6, 6.07) is 13.8. The molecule has 0 unspecified atom stereocenters. The maximum atomic E-state index is 13.1. The minimum Gasteiger partial charge on any atom is -0.478 e. The highest BCUT2D eigenvalue weighted by atomic mass is 19.4. The Bertz CT molecular complexity index is 1480. The molecule has 1 aromatic heterocycles. The van der Waals surface area contributed by atoms with E-state index in [1.54, 1.807) is 48.7 Å². The van der Waals surface area contributed by atoms with Crippen molar-refractivity contribution in [2.75, 3.05) is 19.6 Å². The molecule has 0 saturated carbocycles. The Balaban J connectivity index is 0.000000676. The van der Waals surface area contributed by atoms with Crippen LogP contribution in [0.5, 0.6) is 0 Å². The van der Waals surface area contributed by atoms with Crippen LogP contribution in [0.4, 0.5) is 18.0 Å². The smallest absolute Gasteiger partial charge is 0.478 e. The Labute approximate surface area is 248 Å². The zero-order valence-corrected chi connectivity index (χ0v) is 23.1. The number of carboxylic acid groups (broad SMARTS) is 2. The number of fused-ring (bicyclic) bond motifs is 1. The number of aliphatic carboxylic acids is 2. The molecule has 17 heteroatoms. The molecule has 0 radical (unpaired) electrons. The first kappa shape index (κ1) is 33.2. The number of carboxylic acids is 2. The Morgan fingerprint density at radius 3 is 2.34 bits per heavy atom. The lowest BCUT2D eigenvalue weighted by atomic mass is 10.0. The van der Waals surface area contributed by atoms with E-state index in [1.807, 2.05) is 6.07 Å². The highest BCUT2D eigenvalue weighted by Crippen LogP contribution is 2.18. The molecule has 0 aliphatic carbocycles. The number of carbonyl (C=O) groups excluding carboxylic acids is 2. The van der Waals surface area contributed by atoms with E-state index in [2.05, 4.69) is 36.5 Å². The van der Waals surface area contributed by atoms with E-state index >= 15 is 0 Å². The van der Waals surface area contributed by atoms with E-state index in [9.17, 15) is 32.7 Å². The molecule has 0 spiro atoms. The first-order valence-electron chi connectivity index (χ1n) is 13.2. The zero-order chi connectivity index (χ0) is 32.2. The molecule has 2 heterocycles. The molecular formula is C27H30F3N7O7. The van der Waals surface area contributed by atoms with Crippen LogP contribution in [0.2, 0.25) is 0 Å². The first-order valence-corrected chi connectivity index (χ1v) is 13.2. The monoisotopic (exact) mass is 621 g/mol. The molecule has 0 fully saturated rings. The molecule has 236 valence electrons. The van der Waals surface area contributed by atoms with Crippen molar-refractivity contribution in [1.82, 2.24) is 31.5 Å². The molecule has 1 aliphatic heterocycles. The average molecular weight is 622 g/mol. The lowest BCUT2D eigenvalue weighted by Crippen LogP contribution is -2.65. The van der Waals surface area contributed by atoms with Crippen LogP contribution in [-0.2, 0) is 20.9 Å². The van der Waals surface area contributed by atoms with E-state index in [-0.39, 0.29) is 18.6 Å². The van der Waals surface area contributed by atoms with Gasteiger partial charge >= 0.3 is 24.2 Å². The zero-order valence-electron chi connectivity index (χ0n) is 23.1. The number of hydrogen-bond acceptors (Lipinski definition) is 9. The fourth-order valence-electron chi connectivity index (χ4n) is 3.89. The number of alkyl carbamates (subject to hydrolysis) is 1. The second-order valence-corrected chi connectivity index (χ2v) is 9.37. The van der Waals surface area contributed by atoms with Gasteiger partial charge < -0.3 is 30.9 Å².